The Balaban J connectivity index is 1.76. The maximum absolute atomic E-state index is 5.05. The Morgan fingerprint density at radius 1 is 1.44 bits per heavy atom. The second-order valence-electron chi connectivity index (χ2n) is 4.29. The maximum atomic E-state index is 5.05. The van der Waals surface area contributed by atoms with Crippen LogP contribution in [-0.4, -0.2) is 33.4 Å². The summed E-state index contributed by atoms with van der Waals surface area (Å²) in [5.74, 6) is 1.75. The summed E-state index contributed by atoms with van der Waals surface area (Å²) < 4.78 is 5.87. The molecule has 0 aromatic carbocycles. The fourth-order valence-electron chi connectivity index (χ4n) is 2.17. The Bertz CT molecular complexity index is 496. The molecule has 8 heteroatoms. The molecule has 6 nitrogen and oxygen atoms in total. The molecule has 1 aliphatic heterocycles. The molecule has 0 saturated carbocycles. The number of aromatic nitrogens is 4. The first-order chi connectivity index (χ1) is 8.72. The summed E-state index contributed by atoms with van der Waals surface area (Å²) in [4.78, 5) is 6.56. The van der Waals surface area contributed by atoms with Crippen LogP contribution in [0.4, 0.5) is 5.13 Å². The van der Waals surface area contributed by atoms with Gasteiger partial charge in [-0.3, -0.25) is 0 Å². The molecular formula is C10H12BrN5OS. The molecule has 0 aliphatic carbocycles. The first kappa shape index (κ1) is 12.0. The molecule has 0 bridgehead atoms. The lowest BCUT2D eigenvalue weighted by Crippen LogP contribution is -2.34. The van der Waals surface area contributed by atoms with Gasteiger partial charge in [0.1, 0.15) is 0 Å². The van der Waals surface area contributed by atoms with Gasteiger partial charge in [0.2, 0.25) is 11.0 Å². The average Bonchev–Trinajstić information content (AvgIpc) is 2.98. The molecule has 96 valence electrons. The predicted molar refractivity (Wildman–Crippen MR) is 70.8 cm³/mol. The minimum absolute atomic E-state index is 0.318. The number of anilines is 1. The van der Waals surface area contributed by atoms with E-state index in [2.05, 4.69) is 41.2 Å². The summed E-state index contributed by atoms with van der Waals surface area (Å²) in [7, 11) is 0. The van der Waals surface area contributed by atoms with Gasteiger partial charge in [-0.25, -0.2) is 0 Å². The van der Waals surface area contributed by atoms with Crippen LogP contribution in [0.5, 0.6) is 0 Å². The van der Waals surface area contributed by atoms with Crippen molar-refractivity contribution in [3.63, 3.8) is 0 Å². The third kappa shape index (κ3) is 2.39. The van der Waals surface area contributed by atoms with Gasteiger partial charge < -0.3 is 9.42 Å². The van der Waals surface area contributed by atoms with Gasteiger partial charge in [0.25, 0.3) is 0 Å². The average molecular weight is 330 g/mol. The third-order valence-electron chi connectivity index (χ3n) is 2.99. The lowest BCUT2D eigenvalue weighted by Gasteiger charge is -2.30. The third-order valence-corrected chi connectivity index (χ3v) is 4.41. The molecule has 0 unspecified atom stereocenters. The van der Waals surface area contributed by atoms with Crippen molar-refractivity contribution in [2.75, 3.05) is 18.0 Å². The van der Waals surface area contributed by atoms with E-state index in [1.807, 2.05) is 6.92 Å². The van der Waals surface area contributed by atoms with Crippen LogP contribution < -0.4 is 4.90 Å². The summed E-state index contributed by atoms with van der Waals surface area (Å²) in [6.07, 6.45) is 2.20. The zero-order valence-electron chi connectivity index (χ0n) is 9.84. The van der Waals surface area contributed by atoms with Gasteiger partial charge in [0.05, 0.1) is 0 Å². The molecule has 0 amide bonds. The van der Waals surface area contributed by atoms with E-state index in [9.17, 15) is 0 Å². The van der Waals surface area contributed by atoms with E-state index in [0.29, 0.717) is 11.8 Å². The van der Waals surface area contributed by atoms with E-state index in [-0.39, 0.29) is 0 Å². The van der Waals surface area contributed by atoms with E-state index in [1.54, 1.807) is 11.3 Å². The molecule has 1 aliphatic rings. The molecular weight excluding hydrogens is 318 g/mol. The molecule has 2 aromatic heterocycles. The smallest absolute Gasteiger partial charge is 0.223 e. The largest absolute Gasteiger partial charge is 0.346 e. The number of aryl methyl sites for hydroxylation is 1. The Labute approximate surface area is 117 Å². The lowest BCUT2D eigenvalue weighted by atomic mass is 9.98. The minimum Gasteiger partial charge on any atom is -0.346 e. The minimum atomic E-state index is 0.318. The van der Waals surface area contributed by atoms with Gasteiger partial charge >= 0.3 is 0 Å². The molecule has 3 rings (SSSR count). The van der Waals surface area contributed by atoms with Crippen molar-refractivity contribution < 1.29 is 4.52 Å². The van der Waals surface area contributed by atoms with Crippen LogP contribution >= 0.6 is 27.3 Å². The molecule has 0 spiro atoms. The van der Waals surface area contributed by atoms with Crippen molar-refractivity contribution in [1.29, 1.82) is 0 Å². The highest BCUT2D eigenvalue weighted by Crippen LogP contribution is 2.31. The van der Waals surface area contributed by atoms with Gasteiger partial charge in [-0.05, 0) is 28.8 Å². The topological polar surface area (TPSA) is 67.9 Å². The number of rotatable bonds is 2. The van der Waals surface area contributed by atoms with E-state index >= 15 is 0 Å². The van der Waals surface area contributed by atoms with Crippen molar-refractivity contribution in [3.8, 4) is 0 Å². The summed E-state index contributed by atoms with van der Waals surface area (Å²) >= 11 is 4.89. The second kappa shape index (κ2) is 4.93. The van der Waals surface area contributed by atoms with Crippen LogP contribution in [0.25, 0.3) is 0 Å². The maximum Gasteiger partial charge on any atom is 0.223 e. The molecule has 0 N–H and O–H groups in total. The van der Waals surface area contributed by atoms with Gasteiger partial charge in [0.15, 0.2) is 9.74 Å². The number of hydrogen-bond donors (Lipinski definition) is 0. The normalized spacial score (nSPS) is 20.3. The van der Waals surface area contributed by atoms with Crippen LogP contribution in [0.1, 0.15) is 30.5 Å². The molecule has 2 aromatic rings. The molecule has 18 heavy (non-hydrogen) atoms. The molecule has 3 heterocycles. The first-order valence-corrected chi connectivity index (χ1v) is 7.37. The Morgan fingerprint density at radius 2 is 2.33 bits per heavy atom. The van der Waals surface area contributed by atoms with Crippen LogP contribution in [0.15, 0.2) is 8.44 Å². The van der Waals surface area contributed by atoms with Gasteiger partial charge in [-0.2, -0.15) is 4.98 Å². The Hall–Kier alpha value is -1.02. The van der Waals surface area contributed by atoms with Gasteiger partial charge in [0, 0.05) is 25.9 Å². The SMILES string of the molecule is Cc1nc([C@@H]2CCCN(c3nnc(Br)s3)C2)no1. The fraction of sp³-hybridized carbons (Fsp3) is 0.600. The highest BCUT2D eigenvalue weighted by atomic mass is 79.9. The Kier molecular flexibility index (Phi) is 3.29. The highest BCUT2D eigenvalue weighted by molar-refractivity contribution is 9.11. The zero-order chi connectivity index (χ0) is 12.5. The summed E-state index contributed by atoms with van der Waals surface area (Å²) in [5, 5.41) is 13.1. The van der Waals surface area contributed by atoms with E-state index in [1.165, 1.54) is 0 Å². The number of hydrogen-bond acceptors (Lipinski definition) is 7. The van der Waals surface area contributed by atoms with E-state index in [4.69, 9.17) is 4.52 Å². The van der Waals surface area contributed by atoms with Crippen LogP contribution in [0.3, 0.4) is 0 Å². The molecule has 0 radical (unpaired) electrons. The molecule has 1 atom stereocenters. The van der Waals surface area contributed by atoms with Crippen molar-refractivity contribution in [2.24, 2.45) is 0 Å². The van der Waals surface area contributed by atoms with E-state index in [0.717, 1.165) is 40.8 Å². The predicted octanol–water partition coefficient (Wildman–Crippen LogP) is 2.38. The van der Waals surface area contributed by atoms with Crippen LogP contribution in [0.2, 0.25) is 0 Å². The van der Waals surface area contributed by atoms with Crippen LogP contribution in [-0.2, 0) is 0 Å². The van der Waals surface area contributed by atoms with Gasteiger partial charge in [-0.1, -0.05) is 16.5 Å². The summed E-state index contributed by atoms with van der Waals surface area (Å²) in [5.41, 5.74) is 0. The molecule has 1 fully saturated rings. The summed E-state index contributed by atoms with van der Waals surface area (Å²) in [6, 6.07) is 0. The van der Waals surface area contributed by atoms with Crippen molar-refractivity contribution in [1.82, 2.24) is 20.3 Å². The van der Waals surface area contributed by atoms with Gasteiger partial charge in [-0.15, -0.1) is 10.2 Å². The summed E-state index contributed by atoms with van der Waals surface area (Å²) in [6.45, 7) is 3.70. The monoisotopic (exact) mass is 329 g/mol. The standard InChI is InChI=1S/C10H12BrN5OS/c1-6-12-8(15-17-6)7-3-2-4-16(5-7)10-14-13-9(11)18-10/h7H,2-5H2,1H3/t7-/m1/s1. The highest BCUT2D eigenvalue weighted by Gasteiger charge is 2.26. The van der Waals surface area contributed by atoms with E-state index < -0.39 is 0 Å². The lowest BCUT2D eigenvalue weighted by molar-refractivity contribution is 0.377. The first-order valence-electron chi connectivity index (χ1n) is 5.76. The number of piperidine rings is 1. The number of halogens is 1. The Morgan fingerprint density at radius 3 is 3.00 bits per heavy atom. The molecule has 1 saturated heterocycles. The number of nitrogens with zero attached hydrogens (tertiary/aromatic N) is 5. The van der Waals surface area contributed by atoms with Crippen LogP contribution in [0, 0.1) is 6.92 Å². The van der Waals surface area contributed by atoms with Crippen molar-refractivity contribution in [2.45, 2.75) is 25.7 Å². The quantitative estimate of drug-likeness (QED) is 0.842. The second-order valence-corrected chi connectivity index (χ2v) is 6.53. The van der Waals surface area contributed by atoms with Crippen molar-refractivity contribution >= 4 is 32.4 Å². The fourth-order valence-corrected chi connectivity index (χ4v) is 3.29. The zero-order valence-corrected chi connectivity index (χ0v) is 12.2. The van der Waals surface area contributed by atoms with Crippen molar-refractivity contribution in [3.05, 3.63) is 15.6 Å².